The van der Waals surface area contributed by atoms with E-state index in [4.69, 9.17) is 0 Å². The number of nitrogens with zero attached hydrogens (tertiary/aromatic N) is 4. The lowest BCUT2D eigenvalue weighted by atomic mass is 10.5. The van der Waals surface area contributed by atoms with Gasteiger partial charge in [-0.2, -0.15) is 4.98 Å². The molecule has 1 amide bonds. The summed E-state index contributed by atoms with van der Waals surface area (Å²) in [6.45, 7) is -0.0702. The number of aromatic nitrogens is 5. The molecule has 9 nitrogen and oxygen atoms in total. The lowest BCUT2D eigenvalue weighted by Gasteiger charge is -2.02. The number of halogens is 1. The predicted molar refractivity (Wildman–Crippen MR) is 78.4 cm³/mol. The number of carbonyl (C=O) groups is 1. The van der Waals surface area contributed by atoms with Crippen molar-refractivity contribution in [2.45, 2.75) is 6.54 Å². The number of rotatable bonds is 3. The van der Waals surface area contributed by atoms with Gasteiger partial charge >= 0.3 is 0 Å². The summed E-state index contributed by atoms with van der Waals surface area (Å²) in [5.41, 5.74) is 0.00284. The third-order valence-corrected chi connectivity index (χ3v) is 3.33. The molecule has 10 heteroatoms. The van der Waals surface area contributed by atoms with Crippen LogP contribution in [0.3, 0.4) is 0 Å². The molecule has 0 spiro atoms. The lowest BCUT2D eigenvalue weighted by Crippen LogP contribution is -2.26. The minimum Gasteiger partial charge on any atom is -0.493 e. The van der Waals surface area contributed by atoms with Crippen molar-refractivity contribution in [3.05, 3.63) is 50.9 Å². The van der Waals surface area contributed by atoms with E-state index in [1.807, 2.05) is 0 Å². The first kappa shape index (κ1) is 14.2. The molecule has 3 N–H and O–H groups in total. The smallest absolute Gasteiger partial charge is 0.291 e. The summed E-state index contributed by atoms with van der Waals surface area (Å²) in [5.74, 6) is -0.831. The molecule has 3 aromatic rings. The van der Waals surface area contributed by atoms with Gasteiger partial charge in [0.1, 0.15) is 5.82 Å². The van der Waals surface area contributed by atoms with Gasteiger partial charge in [0.25, 0.3) is 11.5 Å². The number of hydrogen-bond acceptors (Lipinski definition) is 6. The molecule has 112 valence electrons. The second-order valence-electron chi connectivity index (χ2n) is 4.29. The summed E-state index contributed by atoms with van der Waals surface area (Å²) >= 11 is 3.32. The first-order chi connectivity index (χ1) is 10.5. The molecule has 0 fully saturated rings. The molecule has 0 unspecified atom stereocenters. The predicted octanol–water partition coefficient (Wildman–Crippen LogP) is 0.211. The van der Waals surface area contributed by atoms with Gasteiger partial charge in [-0.25, -0.2) is 9.50 Å². The third kappa shape index (κ3) is 2.81. The molecule has 0 radical (unpaired) electrons. The zero-order valence-corrected chi connectivity index (χ0v) is 12.5. The maximum atomic E-state index is 12.0. The number of H-pyrrole nitrogens is 1. The van der Waals surface area contributed by atoms with Crippen LogP contribution in [0.4, 0.5) is 0 Å². The highest BCUT2D eigenvalue weighted by Crippen LogP contribution is 2.15. The van der Waals surface area contributed by atoms with Gasteiger partial charge in [0.05, 0.1) is 17.1 Å². The molecule has 0 saturated heterocycles. The number of nitrogens with one attached hydrogen (secondary N) is 2. The number of aromatic hydroxyl groups is 1. The summed E-state index contributed by atoms with van der Waals surface area (Å²) < 4.78 is 2.17. The molecule has 3 rings (SSSR count). The van der Waals surface area contributed by atoms with Crippen molar-refractivity contribution in [2.75, 3.05) is 0 Å². The Labute approximate surface area is 131 Å². The number of hydrogen-bond donors (Lipinski definition) is 3. The van der Waals surface area contributed by atoms with E-state index < -0.39 is 17.3 Å². The van der Waals surface area contributed by atoms with Gasteiger partial charge in [-0.1, -0.05) is 0 Å². The van der Waals surface area contributed by atoms with Gasteiger partial charge in [0.15, 0.2) is 5.65 Å². The zero-order valence-electron chi connectivity index (χ0n) is 10.9. The van der Waals surface area contributed by atoms with Gasteiger partial charge in [0.2, 0.25) is 11.7 Å². The molecular formula is C12H9BrN6O3. The van der Waals surface area contributed by atoms with Crippen LogP contribution in [0, 0.1) is 0 Å². The van der Waals surface area contributed by atoms with E-state index >= 15 is 0 Å². The fourth-order valence-electron chi connectivity index (χ4n) is 1.79. The molecule has 0 aliphatic rings. The SMILES string of the molecule is O=C(NCc1nc(O)cc(=O)[nH]1)c1nc2c(Br)cccn2n1. The molecule has 3 aromatic heterocycles. The molecule has 0 aliphatic carbocycles. The largest absolute Gasteiger partial charge is 0.493 e. The monoisotopic (exact) mass is 364 g/mol. The van der Waals surface area contributed by atoms with Crippen LogP contribution in [-0.4, -0.2) is 35.6 Å². The van der Waals surface area contributed by atoms with Gasteiger partial charge in [0, 0.05) is 6.20 Å². The fraction of sp³-hybridized carbons (Fsp3) is 0.0833. The summed E-state index contributed by atoms with van der Waals surface area (Å²) in [5, 5.41) is 15.8. The third-order valence-electron chi connectivity index (χ3n) is 2.71. The average molecular weight is 365 g/mol. The minimum atomic E-state index is -0.526. The standard InChI is InChI=1S/C12H9BrN6O3/c13-6-2-1-3-19-11(6)17-10(18-19)12(22)14-5-7-15-8(20)4-9(21)16-7/h1-4H,5H2,(H,14,22)(H2,15,16,20,21). The highest BCUT2D eigenvalue weighted by molar-refractivity contribution is 9.10. The molecule has 0 saturated carbocycles. The van der Waals surface area contributed by atoms with Crippen LogP contribution < -0.4 is 10.9 Å². The first-order valence-corrected chi connectivity index (χ1v) is 6.90. The summed E-state index contributed by atoms with van der Waals surface area (Å²) in [6, 6.07) is 4.48. The Bertz CT molecular complexity index is 919. The number of aromatic amines is 1. The van der Waals surface area contributed by atoms with Crippen molar-refractivity contribution < 1.29 is 9.90 Å². The van der Waals surface area contributed by atoms with Crippen molar-refractivity contribution in [2.24, 2.45) is 0 Å². The van der Waals surface area contributed by atoms with Crippen molar-refractivity contribution >= 4 is 27.5 Å². The Morgan fingerprint density at radius 3 is 3.00 bits per heavy atom. The van der Waals surface area contributed by atoms with Gasteiger partial charge in [-0.3, -0.25) is 9.59 Å². The van der Waals surface area contributed by atoms with Crippen LogP contribution in [0.5, 0.6) is 5.88 Å². The summed E-state index contributed by atoms with van der Waals surface area (Å²) in [6.07, 6.45) is 1.66. The number of pyridine rings is 1. The molecular weight excluding hydrogens is 356 g/mol. The second-order valence-corrected chi connectivity index (χ2v) is 5.15. The number of carbonyl (C=O) groups excluding carboxylic acids is 1. The van der Waals surface area contributed by atoms with Crippen molar-refractivity contribution in [3.63, 3.8) is 0 Å². The van der Waals surface area contributed by atoms with Gasteiger partial charge < -0.3 is 15.4 Å². The van der Waals surface area contributed by atoms with Gasteiger partial charge in [-0.15, -0.1) is 5.10 Å². The Kier molecular flexibility index (Phi) is 3.59. The quantitative estimate of drug-likeness (QED) is 0.609. The number of amides is 1. The zero-order chi connectivity index (χ0) is 15.7. The second kappa shape index (κ2) is 5.56. The highest BCUT2D eigenvalue weighted by atomic mass is 79.9. The topological polar surface area (TPSA) is 125 Å². The molecule has 3 heterocycles. The Hall–Kier alpha value is -2.75. The highest BCUT2D eigenvalue weighted by Gasteiger charge is 2.14. The van der Waals surface area contributed by atoms with Crippen LogP contribution in [0.15, 0.2) is 33.7 Å². The van der Waals surface area contributed by atoms with Crippen molar-refractivity contribution in [1.29, 1.82) is 0 Å². The normalized spacial score (nSPS) is 10.8. The molecule has 0 aliphatic heterocycles. The van der Waals surface area contributed by atoms with Crippen LogP contribution in [0.1, 0.15) is 16.4 Å². The molecule has 22 heavy (non-hydrogen) atoms. The van der Waals surface area contributed by atoms with E-state index in [0.29, 0.717) is 10.1 Å². The van der Waals surface area contributed by atoms with E-state index in [1.54, 1.807) is 18.3 Å². The van der Waals surface area contributed by atoms with E-state index in [2.05, 4.69) is 41.3 Å². The summed E-state index contributed by atoms with van der Waals surface area (Å²) in [4.78, 5) is 33.4. The number of fused-ring (bicyclic) bond motifs is 1. The Morgan fingerprint density at radius 1 is 1.45 bits per heavy atom. The van der Waals surface area contributed by atoms with E-state index in [1.165, 1.54) is 4.52 Å². The Morgan fingerprint density at radius 2 is 2.27 bits per heavy atom. The van der Waals surface area contributed by atoms with Crippen molar-refractivity contribution in [3.8, 4) is 5.88 Å². The minimum absolute atomic E-state index is 0.0191. The van der Waals surface area contributed by atoms with Crippen LogP contribution in [-0.2, 0) is 6.54 Å². The van der Waals surface area contributed by atoms with Gasteiger partial charge in [-0.05, 0) is 28.1 Å². The lowest BCUT2D eigenvalue weighted by molar-refractivity contribution is 0.0939. The van der Waals surface area contributed by atoms with E-state index in [9.17, 15) is 14.7 Å². The Balaban J connectivity index is 1.78. The fourth-order valence-corrected chi connectivity index (χ4v) is 2.21. The van der Waals surface area contributed by atoms with Crippen molar-refractivity contribution in [1.82, 2.24) is 29.9 Å². The summed E-state index contributed by atoms with van der Waals surface area (Å²) in [7, 11) is 0. The van der Waals surface area contributed by atoms with E-state index in [-0.39, 0.29) is 18.2 Å². The average Bonchev–Trinajstić information content (AvgIpc) is 2.89. The first-order valence-electron chi connectivity index (χ1n) is 6.11. The van der Waals surface area contributed by atoms with E-state index in [0.717, 1.165) is 6.07 Å². The van der Waals surface area contributed by atoms with Crippen LogP contribution in [0.25, 0.3) is 5.65 Å². The molecule has 0 aromatic carbocycles. The van der Waals surface area contributed by atoms with Crippen LogP contribution >= 0.6 is 15.9 Å². The molecule has 0 bridgehead atoms. The molecule has 0 atom stereocenters. The van der Waals surface area contributed by atoms with Crippen LogP contribution in [0.2, 0.25) is 0 Å². The maximum Gasteiger partial charge on any atom is 0.291 e. The maximum absolute atomic E-state index is 12.0.